The average Bonchev–Trinajstić information content (AvgIpc) is 2.86. The largest absolute Gasteiger partial charge is 0.493 e. The second-order valence-corrected chi connectivity index (χ2v) is 9.55. The van der Waals surface area contributed by atoms with Crippen LogP contribution in [0.1, 0.15) is 28.4 Å². The van der Waals surface area contributed by atoms with Crippen molar-refractivity contribution in [3.8, 4) is 22.8 Å². The van der Waals surface area contributed by atoms with Crippen molar-refractivity contribution in [1.29, 1.82) is 0 Å². The molecule has 1 aliphatic rings. The van der Waals surface area contributed by atoms with Crippen LogP contribution in [-0.4, -0.2) is 43.7 Å². The molecule has 5 rings (SSSR count). The van der Waals surface area contributed by atoms with E-state index in [1.165, 1.54) is 0 Å². The third-order valence-corrected chi connectivity index (χ3v) is 6.59. The van der Waals surface area contributed by atoms with Crippen LogP contribution in [0.5, 0.6) is 11.6 Å². The van der Waals surface area contributed by atoms with Crippen molar-refractivity contribution < 1.29 is 14.3 Å². The van der Waals surface area contributed by atoms with E-state index in [-0.39, 0.29) is 11.9 Å². The number of nitrogens with zero attached hydrogens (tertiary/aromatic N) is 3. The van der Waals surface area contributed by atoms with Gasteiger partial charge in [-0.3, -0.25) is 9.78 Å². The Labute approximate surface area is 219 Å². The molecule has 3 heterocycles. The van der Waals surface area contributed by atoms with Gasteiger partial charge in [-0.1, -0.05) is 41.4 Å². The van der Waals surface area contributed by atoms with Crippen LogP contribution < -0.4 is 19.7 Å². The van der Waals surface area contributed by atoms with Gasteiger partial charge in [0.1, 0.15) is 5.75 Å². The maximum absolute atomic E-state index is 13.6. The summed E-state index contributed by atoms with van der Waals surface area (Å²) in [6, 6.07) is 12.8. The molecule has 0 fully saturated rings. The van der Waals surface area contributed by atoms with E-state index in [9.17, 15) is 4.79 Å². The summed E-state index contributed by atoms with van der Waals surface area (Å²) in [5, 5.41) is 4.84. The Morgan fingerprint density at radius 1 is 1.11 bits per heavy atom. The van der Waals surface area contributed by atoms with Gasteiger partial charge in [0, 0.05) is 53.9 Å². The quantitative estimate of drug-likeness (QED) is 0.350. The van der Waals surface area contributed by atoms with Crippen molar-refractivity contribution in [3.63, 3.8) is 0 Å². The first-order chi connectivity index (χ1) is 17.4. The number of rotatable bonds is 5. The van der Waals surface area contributed by atoms with Gasteiger partial charge in [-0.15, -0.1) is 0 Å². The van der Waals surface area contributed by atoms with E-state index in [4.69, 9.17) is 37.7 Å². The predicted molar refractivity (Wildman–Crippen MR) is 143 cm³/mol. The summed E-state index contributed by atoms with van der Waals surface area (Å²) in [5.41, 5.74) is 4.09. The number of nitrogens with one attached hydrogen (secondary N) is 1. The number of aromatic nitrogens is 2. The number of fused-ring (bicyclic) bond motifs is 2. The molecule has 9 heteroatoms. The summed E-state index contributed by atoms with van der Waals surface area (Å²) in [7, 11) is 5.31. The number of carbonyl (C=O) groups excluding carboxylic acids is 1. The zero-order chi connectivity index (χ0) is 25.4. The fraction of sp³-hybridized carbons (Fsp3) is 0.222. The van der Waals surface area contributed by atoms with E-state index in [2.05, 4.69) is 10.3 Å². The van der Waals surface area contributed by atoms with Gasteiger partial charge >= 0.3 is 0 Å². The van der Waals surface area contributed by atoms with Crippen LogP contribution >= 0.6 is 23.2 Å². The first-order valence-electron chi connectivity index (χ1n) is 11.4. The number of ether oxygens (including phenoxy) is 2. The van der Waals surface area contributed by atoms with Crippen molar-refractivity contribution in [3.05, 3.63) is 76.0 Å². The number of hydrogen-bond donors (Lipinski definition) is 1. The average molecular weight is 523 g/mol. The van der Waals surface area contributed by atoms with Crippen molar-refractivity contribution in [2.24, 2.45) is 0 Å². The molecule has 2 aromatic carbocycles. The van der Waals surface area contributed by atoms with Gasteiger partial charge in [0.05, 0.1) is 42.1 Å². The van der Waals surface area contributed by atoms with Crippen molar-refractivity contribution in [2.75, 3.05) is 32.7 Å². The Hall–Kier alpha value is -3.55. The molecular weight excluding hydrogens is 499 g/mol. The van der Waals surface area contributed by atoms with Gasteiger partial charge in [-0.25, -0.2) is 4.98 Å². The van der Waals surface area contributed by atoms with Crippen LogP contribution in [0.3, 0.4) is 0 Å². The Bertz CT molecular complexity index is 1460. The Balaban J connectivity index is 1.63. The van der Waals surface area contributed by atoms with E-state index < -0.39 is 0 Å². The lowest BCUT2D eigenvalue weighted by molar-refractivity contribution is 0.0925. The Morgan fingerprint density at radius 2 is 1.86 bits per heavy atom. The lowest BCUT2D eigenvalue weighted by Gasteiger charge is -2.27. The van der Waals surface area contributed by atoms with Gasteiger partial charge in [0.2, 0.25) is 5.88 Å². The maximum Gasteiger partial charge on any atom is 0.255 e. The number of pyridine rings is 2. The number of amides is 1. The standard InChI is InChI=1S/C27H24Cl2N4O3/c1-33(2)25-19-13-31-27(35-3)23(15-10-16(28)12-17(29)11-15)24(19)30-14-20(25)26(34)32-21-8-9-36-22-7-5-4-6-18(21)22/h4-7,10-14,21H,8-9H2,1-3H3,(H,32,34)/t21-/m0/s1. The minimum absolute atomic E-state index is 0.161. The number of anilines is 1. The highest BCUT2D eigenvalue weighted by Crippen LogP contribution is 2.40. The van der Waals surface area contributed by atoms with E-state index in [1.54, 1.807) is 37.7 Å². The molecule has 0 spiro atoms. The summed E-state index contributed by atoms with van der Waals surface area (Å²) in [4.78, 5) is 24.7. The second kappa shape index (κ2) is 9.84. The summed E-state index contributed by atoms with van der Waals surface area (Å²) in [6.07, 6.45) is 3.94. The lowest BCUT2D eigenvalue weighted by atomic mass is 9.99. The SMILES string of the molecule is COc1ncc2c(N(C)C)c(C(=O)N[C@H]3CCOc4ccccc43)cnc2c1-c1cc(Cl)cc(Cl)c1. The molecule has 0 saturated carbocycles. The third-order valence-electron chi connectivity index (χ3n) is 6.15. The highest BCUT2D eigenvalue weighted by atomic mass is 35.5. The first-order valence-corrected chi connectivity index (χ1v) is 12.1. The zero-order valence-electron chi connectivity index (χ0n) is 20.0. The van der Waals surface area contributed by atoms with Crippen LogP contribution in [0.25, 0.3) is 22.0 Å². The van der Waals surface area contributed by atoms with Crippen LogP contribution in [0.15, 0.2) is 54.9 Å². The molecule has 4 aromatic rings. The molecule has 184 valence electrons. The fourth-order valence-corrected chi connectivity index (χ4v) is 5.14. The summed E-state index contributed by atoms with van der Waals surface area (Å²) in [6.45, 7) is 0.535. The van der Waals surface area contributed by atoms with Crippen LogP contribution in [-0.2, 0) is 0 Å². The second-order valence-electron chi connectivity index (χ2n) is 8.68. The molecule has 1 atom stereocenters. The van der Waals surface area contributed by atoms with Gasteiger partial charge < -0.3 is 19.7 Å². The number of hydrogen-bond acceptors (Lipinski definition) is 6. The van der Waals surface area contributed by atoms with Gasteiger partial charge in [-0.2, -0.15) is 0 Å². The van der Waals surface area contributed by atoms with Crippen LogP contribution in [0.4, 0.5) is 5.69 Å². The molecule has 2 aromatic heterocycles. The third kappa shape index (κ3) is 4.40. The zero-order valence-corrected chi connectivity index (χ0v) is 21.5. The van der Waals surface area contributed by atoms with Crippen molar-refractivity contribution in [1.82, 2.24) is 15.3 Å². The molecular formula is C27H24Cl2N4O3. The molecule has 1 aliphatic heterocycles. The molecule has 0 bridgehead atoms. The Morgan fingerprint density at radius 3 is 2.58 bits per heavy atom. The molecule has 1 N–H and O–H groups in total. The number of carbonyl (C=O) groups is 1. The number of benzene rings is 2. The number of para-hydroxylation sites is 1. The minimum atomic E-state index is -0.224. The fourth-order valence-electron chi connectivity index (χ4n) is 4.62. The number of halogens is 2. The van der Waals surface area contributed by atoms with Gasteiger partial charge in [-0.05, 0) is 29.8 Å². The Kier molecular flexibility index (Phi) is 6.60. The summed E-state index contributed by atoms with van der Waals surface area (Å²) < 4.78 is 11.3. The van der Waals surface area contributed by atoms with E-state index in [0.29, 0.717) is 56.7 Å². The molecule has 0 unspecified atom stereocenters. The smallest absolute Gasteiger partial charge is 0.255 e. The molecule has 0 saturated heterocycles. The monoisotopic (exact) mass is 522 g/mol. The molecule has 1 amide bonds. The normalized spacial score (nSPS) is 14.6. The summed E-state index contributed by atoms with van der Waals surface area (Å²) >= 11 is 12.6. The first kappa shape index (κ1) is 24.2. The molecule has 7 nitrogen and oxygen atoms in total. The van der Waals surface area contributed by atoms with E-state index in [1.807, 2.05) is 43.3 Å². The lowest BCUT2D eigenvalue weighted by Crippen LogP contribution is -2.33. The van der Waals surface area contributed by atoms with Crippen LogP contribution in [0.2, 0.25) is 10.0 Å². The van der Waals surface area contributed by atoms with E-state index in [0.717, 1.165) is 16.9 Å². The predicted octanol–water partition coefficient (Wildman–Crippen LogP) is 5.93. The van der Waals surface area contributed by atoms with Crippen molar-refractivity contribution >= 4 is 45.7 Å². The van der Waals surface area contributed by atoms with Gasteiger partial charge in [0.15, 0.2) is 0 Å². The maximum atomic E-state index is 13.6. The van der Waals surface area contributed by atoms with E-state index >= 15 is 0 Å². The molecule has 0 aliphatic carbocycles. The minimum Gasteiger partial charge on any atom is -0.493 e. The molecule has 0 radical (unpaired) electrons. The topological polar surface area (TPSA) is 76.6 Å². The van der Waals surface area contributed by atoms with Gasteiger partial charge in [0.25, 0.3) is 5.91 Å². The highest BCUT2D eigenvalue weighted by molar-refractivity contribution is 6.35. The van der Waals surface area contributed by atoms with Crippen molar-refractivity contribution in [2.45, 2.75) is 12.5 Å². The molecule has 36 heavy (non-hydrogen) atoms. The summed E-state index contributed by atoms with van der Waals surface area (Å²) in [5.74, 6) is 0.951. The van der Waals surface area contributed by atoms with Crippen LogP contribution in [0, 0.1) is 0 Å². The highest BCUT2D eigenvalue weighted by Gasteiger charge is 2.26. The number of methoxy groups -OCH3 is 1.